The standard InChI is InChI=1S/C18H25N7O2/c1-19-18(20-8-7-14-5-4-6-16(22-14)27-3)24-9-10-25(17(26)13-24)15-11-21-23(2)12-15/h4-6,11-12H,7-10,13H2,1-3H3,(H,19,20). The fraction of sp³-hybridized carbons (Fsp3) is 0.444. The number of hydrogen-bond donors (Lipinski definition) is 1. The van der Waals surface area contributed by atoms with Crippen LogP contribution in [0.1, 0.15) is 5.69 Å². The van der Waals surface area contributed by atoms with Crippen molar-refractivity contribution in [3.8, 4) is 5.88 Å². The third-order valence-electron chi connectivity index (χ3n) is 4.39. The largest absolute Gasteiger partial charge is 0.481 e. The highest BCUT2D eigenvalue weighted by Crippen LogP contribution is 2.16. The number of methoxy groups -OCH3 is 1. The first-order chi connectivity index (χ1) is 13.1. The summed E-state index contributed by atoms with van der Waals surface area (Å²) in [6.07, 6.45) is 4.29. The number of anilines is 1. The number of carbonyl (C=O) groups is 1. The number of ether oxygens (including phenoxy) is 1. The molecule has 1 N–H and O–H groups in total. The number of aromatic nitrogens is 3. The summed E-state index contributed by atoms with van der Waals surface area (Å²) >= 11 is 0. The molecule has 0 unspecified atom stereocenters. The minimum atomic E-state index is 0.0339. The molecule has 1 fully saturated rings. The van der Waals surface area contributed by atoms with Crippen LogP contribution in [0.4, 0.5) is 5.69 Å². The van der Waals surface area contributed by atoms with Gasteiger partial charge in [-0.1, -0.05) is 6.07 Å². The number of guanidine groups is 1. The molecule has 27 heavy (non-hydrogen) atoms. The molecule has 9 nitrogen and oxygen atoms in total. The first-order valence-corrected chi connectivity index (χ1v) is 8.85. The van der Waals surface area contributed by atoms with Crippen molar-refractivity contribution < 1.29 is 9.53 Å². The van der Waals surface area contributed by atoms with Crippen LogP contribution >= 0.6 is 0 Å². The van der Waals surface area contributed by atoms with Gasteiger partial charge in [-0.3, -0.25) is 14.5 Å². The summed E-state index contributed by atoms with van der Waals surface area (Å²) in [6, 6.07) is 5.71. The molecule has 1 aliphatic rings. The number of nitrogens with zero attached hydrogens (tertiary/aromatic N) is 6. The Kier molecular flexibility index (Phi) is 5.90. The van der Waals surface area contributed by atoms with E-state index in [1.165, 1.54) is 0 Å². The van der Waals surface area contributed by atoms with E-state index in [0.29, 0.717) is 25.5 Å². The van der Waals surface area contributed by atoms with Crippen molar-refractivity contribution in [3.05, 3.63) is 36.3 Å². The van der Waals surface area contributed by atoms with Crippen molar-refractivity contribution >= 4 is 17.6 Å². The van der Waals surface area contributed by atoms with Crippen LogP contribution in [0, 0.1) is 0 Å². The Hall–Kier alpha value is -3.10. The zero-order valence-corrected chi connectivity index (χ0v) is 15.9. The van der Waals surface area contributed by atoms with E-state index in [4.69, 9.17) is 4.74 Å². The molecule has 3 rings (SSSR count). The molecule has 1 aliphatic heterocycles. The number of aryl methyl sites for hydroxylation is 1. The Morgan fingerprint density at radius 1 is 1.37 bits per heavy atom. The van der Waals surface area contributed by atoms with E-state index in [-0.39, 0.29) is 12.5 Å². The van der Waals surface area contributed by atoms with E-state index >= 15 is 0 Å². The van der Waals surface area contributed by atoms with Gasteiger partial charge in [-0.15, -0.1) is 0 Å². The van der Waals surface area contributed by atoms with E-state index in [2.05, 4.69) is 20.4 Å². The molecule has 9 heteroatoms. The van der Waals surface area contributed by atoms with Gasteiger partial charge in [-0.05, 0) is 6.07 Å². The van der Waals surface area contributed by atoms with Gasteiger partial charge in [0.15, 0.2) is 5.96 Å². The van der Waals surface area contributed by atoms with E-state index in [1.807, 2.05) is 36.3 Å². The molecule has 2 aromatic heterocycles. The van der Waals surface area contributed by atoms with Gasteiger partial charge in [0.25, 0.3) is 0 Å². The third-order valence-corrected chi connectivity index (χ3v) is 4.39. The van der Waals surface area contributed by atoms with Crippen LogP contribution in [0.5, 0.6) is 5.88 Å². The molecule has 144 valence electrons. The minimum absolute atomic E-state index is 0.0339. The Morgan fingerprint density at radius 2 is 2.22 bits per heavy atom. The average Bonchev–Trinajstić information content (AvgIpc) is 3.11. The summed E-state index contributed by atoms with van der Waals surface area (Å²) in [7, 11) is 5.17. The van der Waals surface area contributed by atoms with Gasteiger partial charge in [-0.2, -0.15) is 5.10 Å². The van der Waals surface area contributed by atoms with Gasteiger partial charge in [0, 0.05) is 58.1 Å². The number of amides is 1. The van der Waals surface area contributed by atoms with Gasteiger partial charge in [-0.25, -0.2) is 4.98 Å². The van der Waals surface area contributed by atoms with Crippen LogP contribution in [0.3, 0.4) is 0 Å². The summed E-state index contributed by atoms with van der Waals surface area (Å²) in [5.41, 5.74) is 1.77. The van der Waals surface area contributed by atoms with Crippen molar-refractivity contribution in [1.29, 1.82) is 0 Å². The van der Waals surface area contributed by atoms with Gasteiger partial charge in [0.05, 0.1) is 19.0 Å². The molecule has 1 amide bonds. The predicted octanol–water partition coefficient (Wildman–Crippen LogP) is 0.290. The Labute approximate surface area is 158 Å². The van der Waals surface area contributed by atoms with Gasteiger partial charge in [0.1, 0.15) is 6.54 Å². The summed E-state index contributed by atoms with van der Waals surface area (Å²) in [6.45, 7) is 2.26. The summed E-state index contributed by atoms with van der Waals surface area (Å²) < 4.78 is 6.84. The fourth-order valence-corrected chi connectivity index (χ4v) is 3.02. The Morgan fingerprint density at radius 3 is 2.89 bits per heavy atom. The molecule has 0 aliphatic carbocycles. The second-order valence-corrected chi connectivity index (χ2v) is 6.23. The monoisotopic (exact) mass is 371 g/mol. The predicted molar refractivity (Wildman–Crippen MR) is 103 cm³/mol. The first-order valence-electron chi connectivity index (χ1n) is 8.85. The van der Waals surface area contributed by atoms with Gasteiger partial charge in [0.2, 0.25) is 11.8 Å². The van der Waals surface area contributed by atoms with Crippen LogP contribution in [0.15, 0.2) is 35.6 Å². The van der Waals surface area contributed by atoms with Crippen LogP contribution in [-0.4, -0.2) is 71.9 Å². The number of hydrogen-bond acceptors (Lipinski definition) is 5. The molecule has 3 heterocycles. The van der Waals surface area contributed by atoms with Crippen molar-refractivity contribution in [3.63, 3.8) is 0 Å². The smallest absolute Gasteiger partial charge is 0.246 e. The zero-order valence-electron chi connectivity index (χ0n) is 15.9. The lowest BCUT2D eigenvalue weighted by Crippen LogP contribution is -2.55. The molecule has 0 bridgehead atoms. The highest BCUT2D eigenvalue weighted by Gasteiger charge is 2.27. The van der Waals surface area contributed by atoms with Crippen LogP contribution in [-0.2, 0) is 18.3 Å². The number of pyridine rings is 1. The fourth-order valence-electron chi connectivity index (χ4n) is 3.02. The van der Waals surface area contributed by atoms with Crippen LogP contribution < -0.4 is 15.0 Å². The lowest BCUT2D eigenvalue weighted by atomic mass is 10.2. The SMILES string of the molecule is CN=C(NCCc1cccc(OC)n1)N1CCN(c2cnn(C)c2)C(=O)C1. The highest BCUT2D eigenvalue weighted by molar-refractivity contribution is 5.98. The molecule has 0 atom stereocenters. The Bertz CT molecular complexity index is 818. The molecule has 0 spiro atoms. The minimum Gasteiger partial charge on any atom is -0.481 e. The number of piperazine rings is 1. The van der Waals surface area contributed by atoms with E-state index < -0.39 is 0 Å². The van der Waals surface area contributed by atoms with Gasteiger partial charge >= 0.3 is 0 Å². The number of carbonyl (C=O) groups excluding carboxylic acids is 1. The average molecular weight is 371 g/mol. The van der Waals surface area contributed by atoms with E-state index in [0.717, 1.165) is 23.8 Å². The first kappa shape index (κ1) is 18.7. The summed E-state index contributed by atoms with van der Waals surface area (Å²) in [5, 5.41) is 7.45. The molecule has 0 radical (unpaired) electrons. The highest BCUT2D eigenvalue weighted by atomic mass is 16.5. The van der Waals surface area contributed by atoms with Crippen molar-refractivity contribution in [2.75, 3.05) is 45.2 Å². The van der Waals surface area contributed by atoms with E-state index in [1.54, 1.807) is 29.9 Å². The number of rotatable bonds is 5. The van der Waals surface area contributed by atoms with Crippen LogP contribution in [0.25, 0.3) is 0 Å². The second kappa shape index (κ2) is 8.52. The normalized spacial score (nSPS) is 15.2. The maximum absolute atomic E-state index is 12.5. The third kappa shape index (κ3) is 4.55. The molecule has 2 aromatic rings. The lowest BCUT2D eigenvalue weighted by molar-refractivity contribution is -0.120. The van der Waals surface area contributed by atoms with E-state index in [9.17, 15) is 4.79 Å². The second-order valence-electron chi connectivity index (χ2n) is 6.23. The Balaban J connectivity index is 1.53. The molecule has 1 saturated heterocycles. The number of nitrogens with one attached hydrogen (secondary N) is 1. The maximum atomic E-state index is 12.5. The van der Waals surface area contributed by atoms with Gasteiger partial charge < -0.3 is 19.9 Å². The molecule has 0 aromatic carbocycles. The quantitative estimate of drug-likeness (QED) is 0.600. The maximum Gasteiger partial charge on any atom is 0.246 e. The summed E-state index contributed by atoms with van der Waals surface area (Å²) in [4.78, 5) is 25.0. The molecular formula is C18H25N7O2. The lowest BCUT2D eigenvalue weighted by Gasteiger charge is -2.35. The van der Waals surface area contributed by atoms with Crippen molar-refractivity contribution in [1.82, 2.24) is 25.0 Å². The van der Waals surface area contributed by atoms with Crippen molar-refractivity contribution in [2.45, 2.75) is 6.42 Å². The zero-order chi connectivity index (χ0) is 19.2. The van der Waals surface area contributed by atoms with Crippen molar-refractivity contribution in [2.24, 2.45) is 12.0 Å². The number of aliphatic imine (C=N–C) groups is 1. The summed E-state index contributed by atoms with van der Waals surface area (Å²) in [5.74, 6) is 1.36. The molecule has 0 saturated carbocycles. The topological polar surface area (TPSA) is 87.9 Å². The van der Waals surface area contributed by atoms with Crippen LogP contribution in [0.2, 0.25) is 0 Å². The molecular weight excluding hydrogens is 346 g/mol.